The van der Waals surface area contributed by atoms with Crippen molar-refractivity contribution < 1.29 is 24.5 Å². The average molecular weight is 192 g/mol. The van der Waals surface area contributed by atoms with E-state index in [1.807, 2.05) is 6.92 Å². The summed E-state index contributed by atoms with van der Waals surface area (Å²) in [5.74, 6) is -3.08. The van der Waals surface area contributed by atoms with E-state index in [2.05, 4.69) is 9.47 Å². The van der Waals surface area contributed by atoms with E-state index in [1.165, 1.54) is 0 Å². The molecule has 13 heavy (non-hydrogen) atoms. The van der Waals surface area contributed by atoms with E-state index in [9.17, 15) is 4.79 Å². The van der Waals surface area contributed by atoms with Crippen LogP contribution in [-0.4, -0.2) is 35.4 Å². The summed E-state index contributed by atoms with van der Waals surface area (Å²) in [6, 6.07) is 0. The molecule has 0 rings (SSSR count). The maximum Gasteiger partial charge on any atom is 0.314 e. The highest BCUT2D eigenvalue weighted by Crippen LogP contribution is 2.08. The topological polar surface area (TPSA) is 76.0 Å². The van der Waals surface area contributed by atoms with Crippen molar-refractivity contribution in [1.29, 1.82) is 0 Å². The molecule has 0 aliphatic rings. The molecular weight excluding hydrogens is 176 g/mol. The Bertz CT molecular complexity index is 155. The van der Waals surface area contributed by atoms with Crippen LogP contribution in [0.2, 0.25) is 0 Å². The van der Waals surface area contributed by atoms with Crippen LogP contribution in [0.1, 0.15) is 26.7 Å². The summed E-state index contributed by atoms with van der Waals surface area (Å²) in [6.45, 7) is 3.84. The Hall–Kier alpha value is -0.650. The quantitative estimate of drug-likeness (QED) is 0.458. The Morgan fingerprint density at radius 1 is 1.38 bits per heavy atom. The highest BCUT2D eigenvalue weighted by atomic mass is 16.8. The first-order chi connectivity index (χ1) is 6.02. The molecule has 0 aromatic heterocycles. The summed E-state index contributed by atoms with van der Waals surface area (Å²) in [5, 5.41) is 18.0. The molecule has 0 saturated carbocycles. The largest absolute Gasteiger partial charge is 0.465 e. The van der Waals surface area contributed by atoms with E-state index in [4.69, 9.17) is 10.2 Å². The molecule has 5 nitrogen and oxygen atoms in total. The predicted octanol–water partition coefficient (Wildman–Crippen LogP) is 0.00460. The number of esters is 1. The molecule has 0 saturated heterocycles. The van der Waals surface area contributed by atoms with Crippen LogP contribution in [0, 0.1) is 0 Å². The Morgan fingerprint density at radius 2 is 2.00 bits per heavy atom. The summed E-state index contributed by atoms with van der Waals surface area (Å²) in [5.41, 5.74) is 0. The molecule has 5 heteroatoms. The normalized spacial score (nSPS) is 11.4. The molecule has 0 fully saturated rings. The lowest BCUT2D eigenvalue weighted by Gasteiger charge is -2.19. The van der Waals surface area contributed by atoms with E-state index in [0.29, 0.717) is 6.42 Å². The smallest absolute Gasteiger partial charge is 0.314 e. The zero-order valence-electron chi connectivity index (χ0n) is 7.95. The van der Waals surface area contributed by atoms with Crippen LogP contribution in [0.4, 0.5) is 0 Å². The zero-order valence-corrected chi connectivity index (χ0v) is 7.95. The molecule has 0 aromatic carbocycles. The molecular formula is C8H16O5. The number of carbonyl (C=O) groups excluding carboxylic acids is 1. The third-order valence-electron chi connectivity index (χ3n) is 1.22. The lowest BCUT2D eigenvalue weighted by Crippen LogP contribution is -2.35. The number of hydrogen-bond donors (Lipinski definition) is 2. The van der Waals surface area contributed by atoms with E-state index in [1.54, 1.807) is 6.92 Å². The second-order valence-electron chi connectivity index (χ2n) is 2.57. The fraction of sp³-hybridized carbons (Fsp3) is 0.875. The van der Waals surface area contributed by atoms with Gasteiger partial charge in [0.05, 0.1) is 6.61 Å². The van der Waals surface area contributed by atoms with Crippen molar-refractivity contribution in [3.63, 3.8) is 0 Å². The number of carbonyl (C=O) groups is 1. The van der Waals surface area contributed by atoms with Crippen molar-refractivity contribution in [2.45, 2.75) is 32.7 Å². The van der Waals surface area contributed by atoms with Gasteiger partial charge in [0, 0.05) is 6.61 Å². The van der Waals surface area contributed by atoms with Gasteiger partial charge < -0.3 is 19.7 Å². The summed E-state index contributed by atoms with van der Waals surface area (Å²) in [7, 11) is 0. The van der Waals surface area contributed by atoms with Gasteiger partial charge in [-0.15, -0.1) is 0 Å². The molecule has 78 valence electrons. The average Bonchev–Trinajstić information content (AvgIpc) is 1.99. The van der Waals surface area contributed by atoms with Crippen LogP contribution in [-0.2, 0) is 14.3 Å². The van der Waals surface area contributed by atoms with Crippen LogP contribution in [0.25, 0.3) is 0 Å². The lowest BCUT2D eigenvalue weighted by atomic mass is 10.4. The van der Waals surface area contributed by atoms with Crippen LogP contribution >= 0.6 is 0 Å². The van der Waals surface area contributed by atoms with E-state index in [0.717, 1.165) is 0 Å². The highest BCUT2D eigenvalue weighted by Gasteiger charge is 2.28. The molecule has 0 amide bonds. The molecule has 0 atom stereocenters. The lowest BCUT2D eigenvalue weighted by molar-refractivity contribution is -0.335. The monoisotopic (exact) mass is 192 g/mol. The van der Waals surface area contributed by atoms with Crippen molar-refractivity contribution in [2.24, 2.45) is 0 Å². The Kier molecular flexibility index (Phi) is 5.61. The van der Waals surface area contributed by atoms with Crippen LogP contribution < -0.4 is 0 Å². The van der Waals surface area contributed by atoms with Crippen molar-refractivity contribution in [2.75, 3.05) is 13.2 Å². The van der Waals surface area contributed by atoms with Crippen molar-refractivity contribution >= 4 is 5.97 Å². The van der Waals surface area contributed by atoms with Gasteiger partial charge in [-0.1, -0.05) is 6.92 Å². The zero-order chi connectivity index (χ0) is 10.3. The maximum atomic E-state index is 10.9. The number of ether oxygens (including phenoxy) is 2. The van der Waals surface area contributed by atoms with Gasteiger partial charge in [0.1, 0.15) is 6.42 Å². The molecule has 0 unspecified atom stereocenters. The number of hydrogen-bond acceptors (Lipinski definition) is 5. The fourth-order valence-electron chi connectivity index (χ4n) is 0.737. The van der Waals surface area contributed by atoms with Crippen LogP contribution in [0.15, 0.2) is 0 Å². The SMILES string of the molecule is CCCOC(=O)CC(O)(O)OCC. The van der Waals surface area contributed by atoms with Gasteiger partial charge >= 0.3 is 5.97 Å². The molecule has 2 N–H and O–H groups in total. The molecule has 0 radical (unpaired) electrons. The minimum absolute atomic E-state index is 0.119. The van der Waals surface area contributed by atoms with Crippen LogP contribution in [0.3, 0.4) is 0 Å². The van der Waals surface area contributed by atoms with E-state index >= 15 is 0 Å². The minimum atomic E-state index is -2.40. The molecule has 0 spiro atoms. The predicted molar refractivity (Wildman–Crippen MR) is 44.7 cm³/mol. The molecule has 0 bridgehead atoms. The first kappa shape index (κ1) is 12.3. The highest BCUT2D eigenvalue weighted by molar-refractivity contribution is 5.70. The minimum Gasteiger partial charge on any atom is -0.465 e. The number of aliphatic hydroxyl groups is 2. The Labute approximate surface area is 77.3 Å². The summed E-state index contributed by atoms with van der Waals surface area (Å²) >= 11 is 0. The first-order valence-electron chi connectivity index (χ1n) is 4.26. The second kappa shape index (κ2) is 5.90. The first-order valence-corrected chi connectivity index (χ1v) is 4.26. The standard InChI is InChI=1S/C8H16O5/c1-3-5-12-7(9)6-8(10,11)13-4-2/h10-11H,3-6H2,1-2H3. The van der Waals surface area contributed by atoms with Gasteiger partial charge in [-0.2, -0.15) is 0 Å². The van der Waals surface area contributed by atoms with E-state index < -0.39 is 18.4 Å². The van der Waals surface area contributed by atoms with Crippen molar-refractivity contribution in [3.05, 3.63) is 0 Å². The summed E-state index contributed by atoms with van der Waals surface area (Å²) in [6.07, 6.45) is 0.130. The van der Waals surface area contributed by atoms with Gasteiger partial charge in [0.15, 0.2) is 0 Å². The third kappa shape index (κ3) is 6.51. The van der Waals surface area contributed by atoms with Gasteiger partial charge in [-0.05, 0) is 13.3 Å². The number of rotatable bonds is 6. The van der Waals surface area contributed by atoms with Gasteiger partial charge in [-0.25, -0.2) is 0 Å². The van der Waals surface area contributed by atoms with Gasteiger partial charge in [0.25, 0.3) is 5.97 Å². The van der Waals surface area contributed by atoms with Gasteiger partial charge in [0.2, 0.25) is 0 Å². The fourth-order valence-corrected chi connectivity index (χ4v) is 0.737. The Morgan fingerprint density at radius 3 is 2.46 bits per heavy atom. The van der Waals surface area contributed by atoms with Crippen LogP contribution in [0.5, 0.6) is 0 Å². The molecule has 0 heterocycles. The molecule has 0 aliphatic heterocycles. The Balaban J connectivity index is 3.75. The molecule has 0 aromatic rings. The van der Waals surface area contributed by atoms with Crippen molar-refractivity contribution in [3.8, 4) is 0 Å². The maximum absolute atomic E-state index is 10.9. The summed E-state index contributed by atoms with van der Waals surface area (Å²) < 4.78 is 9.12. The van der Waals surface area contributed by atoms with Gasteiger partial charge in [-0.3, -0.25) is 4.79 Å². The van der Waals surface area contributed by atoms with E-state index in [-0.39, 0.29) is 13.2 Å². The second-order valence-corrected chi connectivity index (χ2v) is 2.57. The van der Waals surface area contributed by atoms with Crippen molar-refractivity contribution in [1.82, 2.24) is 0 Å². The summed E-state index contributed by atoms with van der Waals surface area (Å²) in [4.78, 5) is 10.9. The molecule has 0 aliphatic carbocycles. The third-order valence-corrected chi connectivity index (χ3v) is 1.22.